The highest BCUT2D eigenvalue weighted by Gasteiger charge is 2.42. The van der Waals surface area contributed by atoms with E-state index in [1.54, 1.807) is 12.1 Å². The standard InChI is InChI=1S/C12H14F3N/c1-8-7-16-11(6-12(8,14)15)9-2-4-10(13)5-3-9/h2-5,8,11,16H,6-7H2,1H3. The van der Waals surface area contributed by atoms with Gasteiger partial charge < -0.3 is 5.32 Å². The zero-order valence-electron chi connectivity index (χ0n) is 9.01. The Hall–Kier alpha value is -1.03. The van der Waals surface area contributed by atoms with Gasteiger partial charge in [0.2, 0.25) is 0 Å². The van der Waals surface area contributed by atoms with Crippen molar-refractivity contribution < 1.29 is 13.2 Å². The minimum Gasteiger partial charge on any atom is -0.309 e. The molecule has 0 spiro atoms. The van der Waals surface area contributed by atoms with Gasteiger partial charge in [-0.15, -0.1) is 0 Å². The van der Waals surface area contributed by atoms with Crippen LogP contribution in [-0.2, 0) is 0 Å². The number of hydrogen-bond acceptors (Lipinski definition) is 1. The summed E-state index contributed by atoms with van der Waals surface area (Å²) in [7, 11) is 0. The molecule has 16 heavy (non-hydrogen) atoms. The number of piperidine rings is 1. The number of benzene rings is 1. The van der Waals surface area contributed by atoms with Crippen LogP contribution in [0, 0.1) is 11.7 Å². The topological polar surface area (TPSA) is 12.0 Å². The third-order valence-corrected chi connectivity index (χ3v) is 3.14. The van der Waals surface area contributed by atoms with Crippen LogP contribution in [0.5, 0.6) is 0 Å². The minimum absolute atomic E-state index is 0.222. The van der Waals surface area contributed by atoms with Crippen molar-refractivity contribution >= 4 is 0 Å². The fourth-order valence-corrected chi connectivity index (χ4v) is 1.94. The number of hydrogen-bond donors (Lipinski definition) is 1. The molecule has 2 unspecified atom stereocenters. The van der Waals surface area contributed by atoms with Crippen LogP contribution in [0.2, 0.25) is 0 Å². The predicted octanol–water partition coefficient (Wildman–Crippen LogP) is 3.13. The summed E-state index contributed by atoms with van der Waals surface area (Å²) in [5.74, 6) is -3.64. The molecule has 0 saturated carbocycles. The second-order valence-electron chi connectivity index (χ2n) is 4.38. The summed E-state index contributed by atoms with van der Waals surface area (Å²) >= 11 is 0. The van der Waals surface area contributed by atoms with Gasteiger partial charge in [0.15, 0.2) is 0 Å². The molecule has 4 heteroatoms. The van der Waals surface area contributed by atoms with Gasteiger partial charge in [0, 0.05) is 24.9 Å². The van der Waals surface area contributed by atoms with Gasteiger partial charge in [0.25, 0.3) is 5.92 Å². The molecule has 1 heterocycles. The molecular weight excluding hydrogens is 215 g/mol. The van der Waals surface area contributed by atoms with Gasteiger partial charge in [-0.3, -0.25) is 0 Å². The van der Waals surface area contributed by atoms with E-state index < -0.39 is 11.8 Å². The zero-order chi connectivity index (χ0) is 11.8. The molecule has 0 aromatic heterocycles. The Morgan fingerprint density at radius 2 is 1.88 bits per heavy atom. The number of nitrogens with one attached hydrogen (secondary N) is 1. The summed E-state index contributed by atoms with van der Waals surface area (Å²) in [4.78, 5) is 0. The van der Waals surface area contributed by atoms with Crippen LogP contribution in [0.15, 0.2) is 24.3 Å². The Morgan fingerprint density at radius 1 is 1.25 bits per heavy atom. The molecule has 0 aliphatic carbocycles. The molecule has 1 nitrogen and oxygen atoms in total. The molecule has 1 saturated heterocycles. The van der Waals surface area contributed by atoms with Crippen LogP contribution in [-0.4, -0.2) is 12.5 Å². The van der Waals surface area contributed by atoms with E-state index in [1.165, 1.54) is 19.1 Å². The molecule has 0 bridgehead atoms. The van der Waals surface area contributed by atoms with Gasteiger partial charge in [-0.1, -0.05) is 19.1 Å². The van der Waals surface area contributed by atoms with Crippen LogP contribution in [0.25, 0.3) is 0 Å². The maximum atomic E-state index is 13.5. The lowest BCUT2D eigenvalue weighted by Crippen LogP contribution is -2.44. The van der Waals surface area contributed by atoms with Crippen LogP contribution >= 0.6 is 0 Å². The lowest BCUT2D eigenvalue weighted by molar-refractivity contribution is -0.0841. The van der Waals surface area contributed by atoms with E-state index in [0.717, 1.165) is 0 Å². The molecule has 0 amide bonds. The van der Waals surface area contributed by atoms with Crippen LogP contribution in [0.1, 0.15) is 24.9 Å². The van der Waals surface area contributed by atoms with E-state index in [1.807, 2.05) is 0 Å². The molecule has 1 fully saturated rings. The first-order valence-corrected chi connectivity index (χ1v) is 5.36. The summed E-state index contributed by atoms with van der Waals surface area (Å²) in [6, 6.07) is 5.32. The van der Waals surface area contributed by atoms with Crippen molar-refractivity contribution in [3.63, 3.8) is 0 Å². The van der Waals surface area contributed by atoms with E-state index in [0.29, 0.717) is 5.56 Å². The van der Waals surface area contributed by atoms with Gasteiger partial charge in [-0.05, 0) is 17.7 Å². The molecule has 2 atom stereocenters. The number of halogens is 3. The van der Waals surface area contributed by atoms with Crippen molar-refractivity contribution in [2.45, 2.75) is 25.3 Å². The first-order valence-electron chi connectivity index (χ1n) is 5.36. The second kappa shape index (κ2) is 4.09. The van der Waals surface area contributed by atoms with Crippen molar-refractivity contribution in [1.29, 1.82) is 0 Å². The Bertz CT molecular complexity index is 361. The molecule has 1 aromatic rings. The zero-order valence-corrected chi connectivity index (χ0v) is 9.01. The normalized spacial score (nSPS) is 29.0. The SMILES string of the molecule is CC1CNC(c2ccc(F)cc2)CC1(F)F. The first-order chi connectivity index (χ1) is 7.49. The molecule has 1 aromatic carbocycles. The molecule has 1 aliphatic heterocycles. The van der Waals surface area contributed by atoms with E-state index in [-0.39, 0.29) is 24.8 Å². The summed E-state index contributed by atoms with van der Waals surface area (Å²) in [6.45, 7) is 1.82. The number of rotatable bonds is 1. The quantitative estimate of drug-likeness (QED) is 0.780. The van der Waals surface area contributed by atoms with Crippen molar-refractivity contribution in [3.05, 3.63) is 35.6 Å². The van der Waals surface area contributed by atoms with Crippen molar-refractivity contribution in [2.75, 3.05) is 6.54 Å². The minimum atomic E-state index is -2.65. The van der Waals surface area contributed by atoms with Gasteiger partial charge in [0.05, 0.1) is 0 Å². The third kappa shape index (κ3) is 2.21. The fourth-order valence-electron chi connectivity index (χ4n) is 1.94. The highest BCUT2D eigenvalue weighted by molar-refractivity contribution is 5.21. The van der Waals surface area contributed by atoms with E-state index in [9.17, 15) is 13.2 Å². The van der Waals surface area contributed by atoms with Crippen molar-refractivity contribution in [2.24, 2.45) is 5.92 Å². The van der Waals surface area contributed by atoms with Crippen molar-refractivity contribution in [1.82, 2.24) is 5.32 Å². The molecule has 2 rings (SSSR count). The maximum absolute atomic E-state index is 13.5. The molecule has 1 N–H and O–H groups in total. The highest BCUT2D eigenvalue weighted by Crippen LogP contribution is 2.37. The van der Waals surface area contributed by atoms with Crippen LogP contribution in [0.3, 0.4) is 0 Å². The lowest BCUT2D eigenvalue weighted by atomic mass is 9.88. The summed E-state index contributed by atoms with van der Waals surface area (Å²) < 4.78 is 39.7. The van der Waals surface area contributed by atoms with Crippen LogP contribution < -0.4 is 5.32 Å². The summed E-state index contributed by atoms with van der Waals surface area (Å²) in [5, 5.41) is 3.06. The maximum Gasteiger partial charge on any atom is 0.253 e. The Morgan fingerprint density at radius 3 is 2.44 bits per heavy atom. The van der Waals surface area contributed by atoms with E-state index in [2.05, 4.69) is 5.32 Å². The Balaban J connectivity index is 2.14. The van der Waals surface area contributed by atoms with Gasteiger partial charge in [-0.25, -0.2) is 13.2 Å². The average Bonchev–Trinajstić information content (AvgIpc) is 2.23. The number of alkyl halides is 2. The van der Waals surface area contributed by atoms with E-state index in [4.69, 9.17) is 0 Å². The Kier molecular flexibility index (Phi) is 2.93. The molecule has 88 valence electrons. The first kappa shape index (κ1) is 11.5. The second-order valence-corrected chi connectivity index (χ2v) is 4.38. The molecule has 1 aliphatic rings. The highest BCUT2D eigenvalue weighted by atomic mass is 19.3. The predicted molar refractivity (Wildman–Crippen MR) is 55.9 cm³/mol. The largest absolute Gasteiger partial charge is 0.309 e. The van der Waals surface area contributed by atoms with E-state index >= 15 is 0 Å². The smallest absolute Gasteiger partial charge is 0.253 e. The Labute approximate surface area is 92.7 Å². The van der Waals surface area contributed by atoms with Gasteiger partial charge in [0.1, 0.15) is 5.82 Å². The summed E-state index contributed by atoms with van der Waals surface area (Å²) in [6.07, 6.45) is -0.222. The third-order valence-electron chi connectivity index (χ3n) is 3.14. The lowest BCUT2D eigenvalue weighted by Gasteiger charge is -2.35. The molecule has 0 radical (unpaired) electrons. The van der Waals surface area contributed by atoms with Crippen molar-refractivity contribution in [3.8, 4) is 0 Å². The fraction of sp³-hybridized carbons (Fsp3) is 0.500. The van der Waals surface area contributed by atoms with Gasteiger partial charge in [-0.2, -0.15) is 0 Å². The summed E-state index contributed by atoms with van der Waals surface area (Å²) in [5.41, 5.74) is 0.716. The van der Waals surface area contributed by atoms with Gasteiger partial charge >= 0.3 is 0 Å². The molecular formula is C12H14F3N. The monoisotopic (exact) mass is 229 g/mol. The average molecular weight is 229 g/mol. The van der Waals surface area contributed by atoms with Crippen LogP contribution in [0.4, 0.5) is 13.2 Å².